The topological polar surface area (TPSA) is 47.5 Å². The van der Waals surface area contributed by atoms with E-state index in [1.54, 1.807) is 29.8 Å². The Labute approximate surface area is 163 Å². The highest BCUT2D eigenvalue weighted by Crippen LogP contribution is 2.22. The maximum Gasteiger partial charge on any atom is 0.321 e. The summed E-state index contributed by atoms with van der Waals surface area (Å²) in [5.74, 6) is 0.756. The van der Waals surface area contributed by atoms with E-state index in [1.165, 1.54) is 11.1 Å². The van der Waals surface area contributed by atoms with Gasteiger partial charge in [-0.15, -0.1) is 0 Å². The molecule has 1 unspecified atom stereocenters. The first-order chi connectivity index (χ1) is 13.3. The van der Waals surface area contributed by atoms with Gasteiger partial charge in [-0.2, -0.15) is 11.3 Å². The lowest BCUT2D eigenvalue weighted by atomic mass is 10.1. The Morgan fingerprint density at radius 2 is 2.00 bits per heavy atom. The second-order valence-corrected chi connectivity index (χ2v) is 7.50. The number of hydrogen-bond donors (Lipinski definition) is 0. The zero-order valence-electron chi connectivity index (χ0n) is 15.2. The molecule has 5 nitrogen and oxygen atoms in total. The van der Waals surface area contributed by atoms with E-state index in [2.05, 4.69) is 43.8 Å². The predicted octanol–water partition coefficient (Wildman–Crippen LogP) is 4.51. The van der Waals surface area contributed by atoms with Crippen molar-refractivity contribution in [3.63, 3.8) is 0 Å². The molecule has 0 radical (unpaired) electrons. The molecule has 0 spiro atoms. The van der Waals surface area contributed by atoms with E-state index in [9.17, 15) is 0 Å². The summed E-state index contributed by atoms with van der Waals surface area (Å²) in [6.07, 6.45) is 6.00. The Kier molecular flexibility index (Phi) is 6.09. The number of benzene rings is 1. The quantitative estimate of drug-likeness (QED) is 0.574. The van der Waals surface area contributed by atoms with Crippen LogP contribution in [-0.4, -0.2) is 34.1 Å². The molecule has 1 aromatic carbocycles. The van der Waals surface area contributed by atoms with Crippen LogP contribution in [0.15, 0.2) is 59.6 Å². The zero-order valence-corrected chi connectivity index (χ0v) is 16.0. The van der Waals surface area contributed by atoms with Gasteiger partial charge in [-0.1, -0.05) is 12.1 Å². The first-order valence-electron chi connectivity index (χ1n) is 9.24. The van der Waals surface area contributed by atoms with Gasteiger partial charge in [-0.25, -0.2) is 9.97 Å². The third kappa shape index (κ3) is 5.35. The van der Waals surface area contributed by atoms with Gasteiger partial charge in [0.05, 0.1) is 6.10 Å². The minimum absolute atomic E-state index is 0.334. The van der Waals surface area contributed by atoms with Crippen LogP contribution < -0.4 is 4.74 Å². The minimum Gasteiger partial charge on any atom is -0.424 e. The normalized spacial score (nSPS) is 16.7. The zero-order chi connectivity index (χ0) is 18.3. The number of nitrogens with zero attached hydrogens (tertiary/aromatic N) is 3. The van der Waals surface area contributed by atoms with Crippen LogP contribution >= 0.6 is 11.3 Å². The van der Waals surface area contributed by atoms with Crippen molar-refractivity contribution >= 4 is 11.3 Å². The SMILES string of the molecule is c1cnc(Oc2cccc(CN(Cc3ccsc3)CC3CCCO3)c2)nc1. The summed E-state index contributed by atoms with van der Waals surface area (Å²) in [5, 5.41) is 4.35. The number of rotatable bonds is 8. The largest absolute Gasteiger partial charge is 0.424 e. The minimum atomic E-state index is 0.334. The van der Waals surface area contributed by atoms with E-state index in [4.69, 9.17) is 9.47 Å². The number of thiophene rings is 1. The molecule has 1 fully saturated rings. The van der Waals surface area contributed by atoms with E-state index in [1.807, 2.05) is 12.1 Å². The van der Waals surface area contributed by atoms with E-state index >= 15 is 0 Å². The number of hydrogen-bond acceptors (Lipinski definition) is 6. The first-order valence-corrected chi connectivity index (χ1v) is 10.2. The van der Waals surface area contributed by atoms with Crippen LogP contribution in [0.25, 0.3) is 0 Å². The molecule has 1 aliphatic heterocycles. The molecule has 140 valence electrons. The second kappa shape index (κ2) is 9.08. The van der Waals surface area contributed by atoms with Crippen molar-refractivity contribution in [3.8, 4) is 11.8 Å². The van der Waals surface area contributed by atoms with Crippen molar-refractivity contribution < 1.29 is 9.47 Å². The molecule has 6 heteroatoms. The summed E-state index contributed by atoms with van der Waals surface area (Å²) in [6, 6.07) is 12.5. The fourth-order valence-corrected chi connectivity index (χ4v) is 3.97. The van der Waals surface area contributed by atoms with Crippen molar-refractivity contribution in [2.24, 2.45) is 0 Å². The van der Waals surface area contributed by atoms with Gasteiger partial charge in [0, 0.05) is 38.6 Å². The van der Waals surface area contributed by atoms with Crippen LogP contribution in [0.5, 0.6) is 11.8 Å². The van der Waals surface area contributed by atoms with Crippen molar-refractivity contribution in [2.45, 2.75) is 32.0 Å². The monoisotopic (exact) mass is 381 g/mol. The maximum atomic E-state index is 5.86. The Morgan fingerprint density at radius 1 is 1.11 bits per heavy atom. The average Bonchev–Trinajstić information content (AvgIpc) is 3.37. The summed E-state index contributed by atoms with van der Waals surface area (Å²) in [6.45, 7) is 3.61. The molecule has 1 saturated heterocycles. The number of aromatic nitrogens is 2. The molecule has 4 rings (SSSR count). The van der Waals surface area contributed by atoms with Crippen molar-refractivity contribution in [3.05, 3.63) is 70.7 Å². The highest BCUT2D eigenvalue weighted by molar-refractivity contribution is 7.07. The Morgan fingerprint density at radius 3 is 2.78 bits per heavy atom. The number of ether oxygens (including phenoxy) is 2. The summed E-state index contributed by atoms with van der Waals surface area (Å²) >= 11 is 1.74. The van der Waals surface area contributed by atoms with Crippen molar-refractivity contribution in [1.29, 1.82) is 0 Å². The third-order valence-electron chi connectivity index (χ3n) is 4.53. The molecule has 3 aromatic rings. The molecule has 0 aliphatic carbocycles. The molecule has 0 N–H and O–H groups in total. The fourth-order valence-electron chi connectivity index (χ4n) is 3.31. The van der Waals surface area contributed by atoms with E-state index in [-0.39, 0.29) is 0 Å². The van der Waals surface area contributed by atoms with Crippen LogP contribution in [0.3, 0.4) is 0 Å². The standard InChI is InChI=1S/C21H23N3O2S/c1-4-17(12-19(5-1)26-21-22-8-3-9-23-21)13-24(14-18-7-11-27-16-18)15-20-6-2-10-25-20/h1,3-5,7-9,11-12,16,20H,2,6,10,13-15H2. The van der Waals surface area contributed by atoms with Gasteiger partial charge < -0.3 is 9.47 Å². The van der Waals surface area contributed by atoms with Gasteiger partial charge in [0.1, 0.15) is 5.75 Å². The van der Waals surface area contributed by atoms with E-state index in [0.717, 1.165) is 44.8 Å². The van der Waals surface area contributed by atoms with Gasteiger partial charge in [-0.05, 0) is 59.0 Å². The van der Waals surface area contributed by atoms with Gasteiger partial charge >= 0.3 is 6.01 Å². The van der Waals surface area contributed by atoms with Gasteiger partial charge in [-0.3, -0.25) is 4.90 Å². The van der Waals surface area contributed by atoms with Crippen molar-refractivity contribution in [1.82, 2.24) is 14.9 Å². The fraction of sp³-hybridized carbons (Fsp3) is 0.333. The average molecular weight is 382 g/mol. The highest BCUT2D eigenvalue weighted by atomic mass is 32.1. The molecule has 0 saturated carbocycles. The molecule has 0 bridgehead atoms. The van der Waals surface area contributed by atoms with Gasteiger partial charge in [0.15, 0.2) is 0 Å². The lowest BCUT2D eigenvalue weighted by Crippen LogP contribution is -2.31. The van der Waals surface area contributed by atoms with Crippen LogP contribution in [0.1, 0.15) is 24.0 Å². The molecular formula is C21H23N3O2S. The third-order valence-corrected chi connectivity index (χ3v) is 5.26. The van der Waals surface area contributed by atoms with E-state index < -0.39 is 0 Å². The lowest BCUT2D eigenvalue weighted by molar-refractivity contribution is 0.0679. The molecule has 2 aromatic heterocycles. The molecule has 1 atom stereocenters. The summed E-state index contributed by atoms with van der Waals surface area (Å²) in [7, 11) is 0. The Bertz CT molecular complexity index is 820. The smallest absolute Gasteiger partial charge is 0.321 e. The predicted molar refractivity (Wildman–Crippen MR) is 106 cm³/mol. The highest BCUT2D eigenvalue weighted by Gasteiger charge is 2.20. The molecular weight excluding hydrogens is 358 g/mol. The summed E-state index contributed by atoms with van der Waals surface area (Å²) < 4.78 is 11.6. The molecule has 3 heterocycles. The van der Waals surface area contributed by atoms with Crippen LogP contribution in [0.2, 0.25) is 0 Å². The summed E-state index contributed by atoms with van der Waals surface area (Å²) in [4.78, 5) is 10.7. The van der Waals surface area contributed by atoms with Crippen molar-refractivity contribution in [2.75, 3.05) is 13.2 Å². The second-order valence-electron chi connectivity index (χ2n) is 6.72. The van der Waals surface area contributed by atoms with E-state index in [0.29, 0.717) is 12.1 Å². The summed E-state index contributed by atoms with van der Waals surface area (Å²) in [5.41, 5.74) is 2.56. The Hall–Kier alpha value is -2.28. The van der Waals surface area contributed by atoms with Crippen LogP contribution in [0.4, 0.5) is 0 Å². The Balaban J connectivity index is 1.45. The van der Waals surface area contributed by atoms with Crippen LogP contribution in [0, 0.1) is 0 Å². The lowest BCUT2D eigenvalue weighted by Gasteiger charge is -2.25. The van der Waals surface area contributed by atoms with Gasteiger partial charge in [0.2, 0.25) is 0 Å². The molecule has 1 aliphatic rings. The first kappa shape index (κ1) is 18.1. The van der Waals surface area contributed by atoms with Crippen LogP contribution in [-0.2, 0) is 17.8 Å². The molecule has 0 amide bonds. The molecule has 27 heavy (non-hydrogen) atoms. The van der Waals surface area contributed by atoms with Gasteiger partial charge in [0.25, 0.3) is 0 Å². The maximum absolute atomic E-state index is 5.86.